The number of carbonyl (C=O) groups excluding carboxylic acids is 1. The van der Waals surface area contributed by atoms with Crippen molar-refractivity contribution in [2.45, 2.75) is 11.3 Å². The molecule has 178 valence electrons. The molecule has 1 aliphatic rings. The molecule has 5 N–H and O–H groups in total. The summed E-state index contributed by atoms with van der Waals surface area (Å²) in [7, 11) is 0. The van der Waals surface area contributed by atoms with Crippen LogP contribution in [0.5, 0.6) is 0 Å². The molecule has 1 saturated heterocycles. The lowest BCUT2D eigenvalue weighted by Crippen LogP contribution is -2.38. The predicted molar refractivity (Wildman–Crippen MR) is 137 cm³/mol. The molecule has 3 aromatic rings. The lowest BCUT2D eigenvalue weighted by atomic mass is 9.94. The summed E-state index contributed by atoms with van der Waals surface area (Å²) in [6.45, 7) is 5.11. The van der Waals surface area contributed by atoms with Crippen LogP contribution in [0.2, 0.25) is 0 Å². The van der Waals surface area contributed by atoms with Gasteiger partial charge in [0.2, 0.25) is 0 Å². The normalized spacial score (nSPS) is 15.2. The van der Waals surface area contributed by atoms with E-state index < -0.39 is 17.3 Å². The van der Waals surface area contributed by atoms with Crippen molar-refractivity contribution in [1.82, 2.24) is 9.62 Å². The molecule has 8 heteroatoms. The molecular weight excluding hydrogens is 448 g/mol. The third-order valence-corrected chi connectivity index (χ3v) is 7.09. The molecule has 0 radical (unpaired) electrons. The molecule has 1 heterocycles. The number of carbonyl (C=O) groups is 1. The maximum atomic E-state index is 12.7. The highest BCUT2D eigenvalue weighted by atomic mass is 32.2. The second-order valence-corrected chi connectivity index (χ2v) is 9.51. The molecule has 1 fully saturated rings. The van der Waals surface area contributed by atoms with Crippen LogP contribution in [-0.4, -0.2) is 54.8 Å². The summed E-state index contributed by atoms with van der Waals surface area (Å²) in [5, 5.41) is 0. The average molecular weight is 479 g/mol. The van der Waals surface area contributed by atoms with Crippen molar-refractivity contribution in [3.05, 3.63) is 72.3 Å². The van der Waals surface area contributed by atoms with E-state index in [-0.39, 0.29) is 5.56 Å². The first-order chi connectivity index (χ1) is 16.5. The van der Waals surface area contributed by atoms with Crippen LogP contribution in [-0.2, 0) is 16.1 Å². The van der Waals surface area contributed by atoms with E-state index in [0.717, 1.165) is 56.0 Å². The Kier molecular flexibility index (Phi) is 8.21. The highest BCUT2D eigenvalue weighted by molar-refractivity contribution is 7.89. The highest BCUT2D eigenvalue weighted by Gasteiger charge is 2.17. The zero-order chi connectivity index (χ0) is 23.9. The summed E-state index contributed by atoms with van der Waals surface area (Å²) in [5.41, 5.74) is 15.9. The van der Waals surface area contributed by atoms with E-state index in [1.807, 2.05) is 60.7 Å². The molecule has 0 saturated carbocycles. The molecular formula is C26H30N4O3S. The van der Waals surface area contributed by atoms with Gasteiger partial charge < -0.3 is 20.8 Å². The van der Waals surface area contributed by atoms with Crippen molar-refractivity contribution < 1.29 is 14.1 Å². The first kappa shape index (κ1) is 24.3. The van der Waals surface area contributed by atoms with Gasteiger partial charge in [-0.25, -0.2) is 0 Å². The van der Waals surface area contributed by atoms with Crippen molar-refractivity contribution in [3.8, 4) is 22.3 Å². The minimum absolute atomic E-state index is 0.283. The van der Waals surface area contributed by atoms with Crippen LogP contribution in [0, 0.1) is 0 Å². The summed E-state index contributed by atoms with van der Waals surface area (Å²) < 4.78 is 21.1. The summed E-state index contributed by atoms with van der Waals surface area (Å²) in [6, 6.07) is 20.8. The summed E-state index contributed by atoms with van der Waals surface area (Å²) in [4.78, 5) is 15.1. The fraction of sp³-hybridized carbons (Fsp3) is 0.269. The number of ether oxygens (including phenoxy) is 1. The highest BCUT2D eigenvalue weighted by Crippen LogP contribution is 2.34. The second kappa shape index (κ2) is 11.5. The van der Waals surface area contributed by atoms with Crippen LogP contribution in [0.25, 0.3) is 22.3 Å². The number of nitrogens with zero attached hydrogens (tertiary/aromatic N) is 1. The van der Waals surface area contributed by atoms with E-state index >= 15 is 0 Å². The molecule has 1 aliphatic heterocycles. The number of nitrogen functional groups attached to an aromatic ring is 1. The molecule has 0 aliphatic carbocycles. The third-order valence-electron chi connectivity index (χ3n) is 5.92. The fourth-order valence-electron chi connectivity index (χ4n) is 4.03. The van der Waals surface area contributed by atoms with E-state index in [2.05, 4.69) is 9.62 Å². The van der Waals surface area contributed by atoms with E-state index in [9.17, 15) is 9.35 Å². The van der Waals surface area contributed by atoms with Crippen molar-refractivity contribution in [2.75, 3.05) is 45.1 Å². The lowest BCUT2D eigenvalue weighted by Gasteiger charge is -2.26. The molecule has 1 amide bonds. The summed E-state index contributed by atoms with van der Waals surface area (Å²) in [6.07, 6.45) is 0.919. The maximum Gasteiger partial charge on any atom is 0.250 e. The van der Waals surface area contributed by atoms with Crippen molar-refractivity contribution in [3.63, 3.8) is 0 Å². The number of nitrogens with two attached hydrogens (primary N) is 2. The Morgan fingerprint density at radius 3 is 2.38 bits per heavy atom. The number of benzene rings is 3. The second-order valence-electron chi connectivity index (χ2n) is 8.21. The number of amides is 1. The minimum atomic E-state index is -1.30. The SMILES string of the molecule is NC(=O)c1cc(-c2ccccc2)cc(-c2ccc([S+]([O-])NCCCN3CCOCC3)cc2)c1N. The van der Waals surface area contributed by atoms with Gasteiger partial charge in [0.25, 0.3) is 5.91 Å². The Hall–Kier alpha value is -2.88. The van der Waals surface area contributed by atoms with E-state index in [0.29, 0.717) is 22.7 Å². The van der Waals surface area contributed by atoms with Gasteiger partial charge in [-0.15, -0.1) is 4.72 Å². The maximum absolute atomic E-state index is 12.7. The van der Waals surface area contributed by atoms with Gasteiger partial charge in [-0.1, -0.05) is 30.3 Å². The van der Waals surface area contributed by atoms with Crippen LogP contribution in [0.15, 0.2) is 71.6 Å². The van der Waals surface area contributed by atoms with Crippen molar-refractivity contribution >= 4 is 23.0 Å². The van der Waals surface area contributed by atoms with Gasteiger partial charge in [0.1, 0.15) is 0 Å². The summed E-state index contributed by atoms with van der Waals surface area (Å²) in [5.74, 6) is -0.574. The van der Waals surface area contributed by atoms with E-state index in [1.165, 1.54) is 0 Å². The molecule has 4 rings (SSSR count). The van der Waals surface area contributed by atoms with Crippen LogP contribution in [0.4, 0.5) is 5.69 Å². The Labute approximate surface area is 203 Å². The van der Waals surface area contributed by atoms with Crippen LogP contribution in [0.1, 0.15) is 16.8 Å². The Morgan fingerprint density at radius 2 is 1.71 bits per heavy atom. The zero-order valence-electron chi connectivity index (χ0n) is 19.0. The molecule has 3 aromatic carbocycles. The number of primary amides is 1. The van der Waals surface area contributed by atoms with Crippen LogP contribution in [0.3, 0.4) is 0 Å². The Balaban J connectivity index is 1.46. The number of nitrogens with one attached hydrogen (secondary N) is 1. The standard InChI is InChI=1S/C26H30N4O3S/c27-25-23(17-21(18-24(25)26(28)31)19-5-2-1-3-6-19)20-7-9-22(10-8-20)34(32)29-11-4-12-30-13-15-33-16-14-30/h1-3,5-10,17-18,29H,4,11-16,27H2,(H2,28,31). The number of morpholine rings is 1. The molecule has 7 nitrogen and oxygen atoms in total. The van der Waals surface area contributed by atoms with Crippen molar-refractivity contribution in [2.24, 2.45) is 5.73 Å². The molecule has 0 spiro atoms. The predicted octanol–water partition coefficient (Wildman–Crippen LogP) is 3.04. The summed E-state index contributed by atoms with van der Waals surface area (Å²) >= 11 is -1.30. The first-order valence-corrected chi connectivity index (χ1v) is 12.5. The molecule has 1 atom stereocenters. The smallest absolute Gasteiger partial charge is 0.250 e. The Morgan fingerprint density at radius 1 is 1.00 bits per heavy atom. The van der Waals surface area contributed by atoms with Crippen molar-refractivity contribution in [1.29, 1.82) is 0 Å². The lowest BCUT2D eigenvalue weighted by molar-refractivity contribution is 0.0376. The van der Waals surface area contributed by atoms with Gasteiger partial charge in [0, 0.05) is 25.2 Å². The number of hydrogen-bond acceptors (Lipinski definition) is 6. The quantitative estimate of drug-likeness (QED) is 0.247. The van der Waals surface area contributed by atoms with E-state index in [1.54, 1.807) is 6.07 Å². The Bertz CT molecular complexity index is 1100. The number of hydrogen-bond donors (Lipinski definition) is 3. The largest absolute Gasteiger partial charge is 0.593 e. The molecule has 34 heavy (non-hydrogen) atoms. The van der Waals surface area contributed by atoms with Gasteiger partial charge in [-0.2, -0.15) is 0 Å². The van der Waals surface area contributed by atoms with Crippen LogP contribution >= 0.6 is 0 Å². The topological polar surface area (TPSA) is 117 Å². The molecule has 1 unspecified atom stereocenters. The average Bonchev–Trinajstić information content (AvgIpc) is 2.88. The minimum Gasteiger partial charge on any atom is -0.593 e. The molecule has 0 aromatic heterocycles. The van der Waals surface area contributed by atoms with E-state index in [4.69, 9.17) is 16.2 Å². The fourth-order valence-corrected chi connectivity index (χ4v) is 4.91. The monoisotopic (exact) mass is 478 g/mol. The van der Waals surface area contributed by atoms with Crippen LogP contribution < -0.4 is 16.2 Å². The first-order valence-electron chi connectivity index (χ1n) is 11.4. The van der Waals surface area contributed by atoms with Gasteiger partial charge in [0.15, 0.2) is 4.90 Å². The number of anilines is 1. The van der Waals surface area contributed by atoms with Gasteiger partial charge in [-0.3, -0.25) is 9.69 Å². The third kappa shape index (κ3) is 5.97. The van der Waals surface area contributed by atoms with Gasteiger partial charge in [-0.05, 0) is 66.1 Å². The van der Waals surface area contributed by atoms with Gasteiger partial charge in [0.05, 0.1) is 35.8 Å². The van der Waals surface area contributed by atoms with Gasteiger partial charge >= 0.3 is 0 Å². The number of rotatable bonds is 9. The zero-order valence-corrected chi connectivity index (χ0v) is 19.9. The molecule has 0 bridgehead atoms.